The second-order valence-corrected chi connectivity index (χ2v) is 7.12. The van der Waals surface area contributed by atoms with Gasteiger partial charge in [0.1, 0.15) is 0 Å². The molecule has 0 aliphatic carbocycles. The van der Waals surface area contributed by atoms with Gasteiger partial charge < -0.3 is 20.4 Å². The van der Waals surface area contributed by atoms with E-state index in [1.54, 1.807) is 12.1 Å². The highest BCUT2D eigenvalue weighted by atomic mass is 35.5. The summed E-state index contributed by atoms with van der Waals surface area (Å²) in [4.78, 5) is 29.6. The molecule has 1 saturated heterocycles. The van der Waals surface area contributed by atoms with Crippen LogP contribution < -0.4 is 20.4 Å². The van der Waals surface area contributed by atoms with E-state index in [0.29, 0.717) is 28.4 Å². The summed E-state index contributed by atoms with van der Waals surface area (Å²) in [5.74, 6) is 1.76. The van der Waals surface area contributed by atoms with Crippen molar-refractivity contribution < 1.29 is 4.79 Å². The van der Waals surface area contributed by atoms with Crippen molar-refractivity contribution in [3.8, 4) is 0 Å². The molecule has 1 aliphatic heterocycles. The number of aromatic nitrogens is 3. The van der Waals surface area contributed by atoms with Gasteiger partial charge in [-0.05, 0) is 37.5 Å². The van der Waals surface area contributed by atoms with Gasteiger partial charge in [0.2, 0.25) is 11.9 Å². The van der Waals surface area contributed by atoms with Crippen LogP contribution >= 0.6 is 11.6 Å². The van der Waals surface area contributed by atoms with E-state index in [0.717, 1.165) is 31.5 Å². The van der Waals surface area contributed by atoms with Crippen LogP contribution in [0.25, 0.3) is 0 Å². The average Bonchev–Trinajstić information content (AvgIpc) is 3.17. The smallest absolute Gasteiger partial charge is 0.319 e. The zero-order valence-electron chi connectivity index (χ0n) is 15.8. The summed E-state index contributed by atoms with van der Waals surface area (Å²) < 4.78 is 0. The standard InChI is InChI=1S/C18H24ClN7O/c1-12-6-7-13(10-14(12)19)21-18(27)20-11-15-22-16(25(2)3)24-17(23-15)26-8-4-5-9-26/h6-7,10H,4-5,8-9,11H2,1-3H3,(H2,20,21,27). The van der Waals surface area contributed by atoms with Gasteiger partial charge in [0.15, 0.2) is 5.82 Å². The zero-order valence-corrected chi connectivity index (χ0v) is 16.5. The molecule has 144 valence electrons. The molecule has 0 radical (unpaired) electrons. The van der Waals surface area contributed by atoms with Gasteiger partial charge in [-0.1, -0.05) is 17.7 Å². The van der Waals surface area contributed by atoms with Crippen molar-refractivity contribution in [2.24, 2.45) is 0 Å². The summed E-state index contributed by atoms with van der Waals surface area (Å²) in [5, 5.41) is 6.15. The van der Waals surface area contributed by atoms with Crippen LogP contribution in [0.3, 0.4) is 0 Å². The number of urea groups is 1. The SMILES string of the molecule is Cc1ccc(NC(=O)NCc2nc(N(C)C)nc(N3CCCC3)n2)cc1Cl. The van der Waals surface area contributed by atoms with Crippen LogP contribution in [-0.4, -0.2) is 48.2 Å². The summed E-state index contributed by atoms with van der Waals surface area (Å²) in [6.07, 6.45) is 2.27. The monoisotopic (exact) mass is 389 g/mol. The van der Waals surface area contributed by atoms with Crippen molar-refractivity contribution in [3.05, 3.63) is 34.6 Å². The molecule has 2 amide bonds. The second-order valence-electron chi connectivity index (χ2n) is 6.71. The van der Waals surface area contributed by atoms with Crippen molar-refractivity contribution in [3.63, 3.8) is 0 Å². The summed E-state index contributed by atoms with van der Waals surface area (Å²) in [6.45, 7) is 4.00. The molecule has 3 rings (SSSR count). The number of hydrogen-bond donors (Lipinski definition) is 2. The molecule has 1 aliphatic rings. The predicted molar refractivity (Wildman–Crippen MR) is 108 cm³/mol. The van der Waals surface area contributed by atoms with E-state index in [-0.39, 0.29) is 12.6 Å². The third kappa shape index (κ3) is 4.97. The number of nitrogens with one attached hydrogen (secondary N) is 2. The minimum atomic E-state index is -0.343. The van der Waals surface area contributed by atoms with E-state index < -0.39 is 0 Å². The Morgan fingerprint density at radius 2 is 1.96 bits per heavy atom. The van der Waals surface area contributed by atoms with Crippen molar-refractivity contribution in [1.82, 2.24) is 20.3 Å². The number of aryl methyl sites for hydroxylation is 1. The minimum absolute atomic E-state index is 0.204. The molecule has 8 nitrogen and oxygen atoms in total. The Morgan fingerprint density at radius 3 is 2.63 bits per heavy atom. The number of amides is 2. The number of benzene rings is 1. The maximum atomic E-state index is 12.2. The molecule has 0 bridgehead atoms. The Labute approximate surface area is 164 Å². The normalized spacial score (nSPS) is 13.6. The maximum absolute atomic E-state index is 12.2. The molecule has 0 spiro atoms. The average molecular weight is 390 g/mol. The fourth-order valence-corrected chi connectivity index (χ4v) is 2.92. The van der Waals surface area contributed by atoms with Crippen LogP contribution in [0.2, 0.25) is 5.02 Å². The fourth-order valence-electron chi connectivity index (χ4n) is 2.74. The first-order valence-electron chi connectivity index (χ1n) is 8.90. The Morgan fingerprint density at radius 1 is 1.22 bits per heavy atom. The first-order chi connectivity index (χ1) is 12.9. The van der Waals surface area contributed by atoms with E-state index in [2.05, 4.69) is 30.5 Å². The van der Waals surface area contributed by atoms with E-state index in [1.165, 1.54) is 0 Å². The Hall–Kier alpha value is -2.61. The quantitative estimate of drug-likeness (QED) is 0.817. The zero-order chi connectivity index (χ0) is 19.4. The van der Waals surface area contributed by atoms with E-state index in [1.807, 2.05) is 32.0 Å². The van der Waals surface area contributed by atoms with Crippen LogP contribution in [0, 0.1) is 6.92 Å². The van der Waals surface area contributed by atoms with Crippen LogP contribution in [0.4, 0.5) is 22.4 Å². The number of hydrogen-bond acceptors (Lipinski definition) is 6. The van der Waals surface area contributed by atoms with Crippen molar-refractivity contribution in [2.75, 3.05) is 42.3 Å². The van der Waals surface area contributed by atoms with Gasteiger partial charge in [0, 0.05) is 37.9 Å². The summed E-state index contributed by atoms with van der Waals surface area (Å²) >= 11 is 6.09. The Kier molecular flexibility index (Phi) is 5.95. The molecule has 0 atom stereocenters. The lowest BCUT2D eigenvalue weighted by Gasteiger charge is -2.19. The summed E-state index contributed by atoms with van der Waals surface area (Å²) in [5.41, 5.74) is 1.59. The van der Waals surface area contributed by atoms with Gasteiger partial charge in [0.05, 0.1) is 6.54 Å². The van der Waals surface area contributed by atoms with Crippen molar-refractivity contribution >= 4 is 35.2 Å². The molecule has 2 heterocycles. The molecule has 1 aromatic heterocycles. The first kappa shape index (κ1) is 19.2. The Balaban J connectivity index is 1.67. The number of rotatable bonds is 5. The van der Waals surface area contributed by atoms with Gasteiger partial charge in [-0.2, -0.15) is 15.0 Å². The third-order valence-corrected chi connectivity index (χ3v) is 4.69. The molecular weight excluding hydrogens is 366 g/mol. The highest BCUT2D eigenvalue weighted by molar-refractivity contribution is 6.31. The van der Waals surface area contributed by atoms with Crippen LogP contribution in [-0.2, 0) is 6.54 Å². The van der Waals surface area contributed by atoms with E-state index >= 15 is 0 Å². The molecule has 0 saturated carbocycles. The lowest BCUT2D eigenvalue weighted by molar-refractivity contribution is 0.251. The molecule has 2 aromatic rings. The molecule has 27 heavy (non-hydrogen) atoms. The van der Waals surface area contributed by atoms with Gasteiger partial charge in [-0.3, -0.25) is 0 Å². The number of anilines is 3. The molecular formula is C18H24ClN7O. The summed E-state index contributed by atoms with van der Waals surface area (Å²) in [7, 11) is 3.77. The topological polar surface area (TPSA) is 86.3 Å². The van der Waals surface area contributed by atoms with Gasteiger partial charge in [0.25, 0.3) is 0 Å². The summed E-state index contributed by atoms with van der Waals surface area (Å²) in [6, 6.07) is 5.04. The molecule has 1 aromatic carbocycles. The van der Waals surface area contributed by atoms with E-state index in [9.17, 15) is 4.79 Å². The molecule has 0 unspecified atom stereocenters. The lowest BCUT2D eigenvalue weighted by Crippen LogP contribution is -2.30. The largest absolute Gasteiger partial charge is 0.347 e. The van der Waals surface area contributed by atoms with Gasteiger partial charge in [-0.15, -0.1) is 0 Å². The van der Waals surface area contributed by atoms with Gasteiger partial charge >= 0.3 is 6.03 Å². The number of halogens is 1. The fraction of sp³-hybridized carbons (Fsp3) is 0.444. The van der Waals surface area contributed by atoms with Crippen LogP contribution in [0.5, 0.6) is 0 Å². The molecule has 2 N–H and O–H groups in total. The third-order valence-electron chi connectivity index (χ3n) is 4.28. The second kappa shape index (κ2) is 8.39. The number of carbonyl (C=O) groups is 1. The van der Waals surface area contributed by atoms with Crippen molar-refractivity contribution in [1.29, 1.82) is 0 Å². The molecule has 1 fully saturated rings. The number of carbonyl (C=O) groups excluding carboxylic acids is 1. The van der Waals surface area contributed by atoms with Crippen LogP contribution in [0.15, 0.2) is 18.2 Å². The minimum Gasteiger partial charge on any atom is -0.347 e. The van der Waals surface area contributed by atoms with Crippen LogP contribution in [0.1, 0.15) is 24.2 Å². The van der Waals surface area contributed by atoms with Gasteiger partial charge in [-0.25, -0.2) is 4.79 Å². The highest BCUT2D eigenvalue weighted by Gasteiger charge is 2.18. The van der Waals surface area contributed by atoms with E-state index in [4.69, 9.17) is 11.6 Å². The first-order valence-corrected chi connectivity index (χ1v) is 9.28. The van der Waals surface area contributed by atoms with Crippen molar-refractivity contribution in [2.45, 2.75) is 26.3 Å². The maximum Gasteiger partial charge on any atom is 0.319 e. The predicted octanol–water partition coefficient (Wildman–Crippen LogP) is 2.82. The Bertz CT molecular complexity index is 821. The highest BCUT2D eigenvalue weighted by Crippen LogP contribution is 2.20. The number of nitrogens with zero attached hydrogens (tertiary/aromatic N) is 5. The lowest BCUT2D eigenvalue weighted by atomic mass is 10.2. The molecule has 9 heteroatoms.